The van der Waals surface area contributed by atoms with Gasteiger partial charge in [0.05, 0.1) is 22.7 Å². The van der Waals surface area contributed by atoms with Crippen molar-refractivity contribution >= 4 is 13.2 Å². The molecule has 0 radical (unpaired) electrons. The highest BCUT2D eigenvalue weighted by Gasteiger charge is 2.52. The van der Waals surface area contributed by atoms with Crippen LogP contribution in [0, 0.1) is 11.3 Å². The first-order chi connectivity index (χ1) is 11.7. The molecule has 1 aromatic carbocycles. The molecule has 0 spiro atoms. The minimum atomic E-state index is -0.356. The molecule has 1 aliphatic heterocycles. The Bertz CT molecular complexity index is 696. The van der Waals surface area contributed by atoms with E-state index in [2.05, 4.69) is 69.4 Å². The molecule has 1 aliphatic carbocycles. The van der Waals surface area contributed by atoms with Crippen molar-refractivity contribution in [2.24, 2.45) is 0 Å². The Labute approximate surface area is 151 Å². The second-order valence-electron chi connectivity index (χ2n) is 8.15. The predicted molar refractivity (Wildman–Crippen MR) is 101 cm³/mol. The SMILES string of the molecule is CNCC(=Cc1ccc(C2(C#N)CC2)cc1)B1OC(C)(C)C(C)(C)O1. The molecule has 1 saturated carbocycles. The number of hydrogen-bond donors (Lipinski definition) is 1. The van der Waals surface area contributed by atoms with Gasteiger partial charge in [-0.2, -0.15) is 5.26 Å². The van der Waals surface area contributed by atoms with Crippen LogP contribution in [0.2, 0.25) is 0 Å². The lowest BCUT2D eigenvalue weighted by Gasteiger charge is -2.32. The lowest BCUT2D eigenvalue weighted by Crippen LogP contribution is -2.41. The Balaban J connectivity index is 1.83. The van der Waals surface area contributed by atoms with Crippen LogP contribution in [0.15, 0.2) is 29.7 Å². The fourth-order valence-electron chi connectivity index (χ4n) is 3.10. The molecule has 0 amide bonds. The smallest absolute Gasteiger partial charge is 0.400 e. The quantitative estimate of drug-likeness (QED) is 0.835. The number of nitrogens with one attached hydrogen (secondary N) is 1. The average Bonchev–Trinajstić information content (AvgIpc) is 3.31. The van der Waals surface area contributed by atoms with Crippen LogP contribution in [-0.2, 0) is 14.7 Å². The van der Waals surface area contributed by atoms with Crippen molar-refractivity contribution < 1.29 is 9.31 Å². The summed E-state index contributed by atoms with van der Waals surface area (Å²) >= 11 is 0. The van der Waals surface area contributed by atoms with E-state index >= 15 is 0 Å². The highest BCUT2D eigenvalue weighted by Crippen LogP contribution is 2.47. The molecule has 132 valence electrons. The van der Waals surface area contributed by atoms with Crippen molar-refractivity contribution in [2.75, 3.05) is 13.6 Å². The summed E-state index contributed by atoms with van der Waals surface area (Å²) in [4.78, 5) is 0. The molecule has 0 unspecified atom stereocenters. The Morgan fingerprint density at radius 2 is 1.72 bits per heavy atom. The molecule has 4 nitrogen and oxygen atoms in total. The van der Waals surface area contributed by atoms with Crippen LogP contribution in [0.4, 0.5) is 0 Å². The van der Waals surface area contributed by atoms with Gasteiger partial charge in [0.25, 0.3) is 0 Å². The Morgan fingerprint density at radius 3 is 2.16 bits per heavy atom. The maximum absolute atomic E-state index is 9.33. The maximum Gasteiger partial charge on any atom is 0.491 e. The van der Waals surface area contributed by atoms with Gasteiger partial charge in [0.2, 0.25) is 0 Å². The molecule has 0 bridgehead atoms. The summed E-state index contributed by atoms with van der Waals surface area (Å²) in [6.45, 7) is 8.96. The average molecular weight is 338 g/mol. The molecule has 3 rings (SSSR count). The summed E-state index contributed by atoms with van der Waals surface area (Å²) in [6, 6.07) is 10.7. The Morgan fingerprint density at radius 1 is 1.16 bits per heavy atom. The molecule has 1 saturated heterocycles. The van der Waals surface area contributed by atoms with E-state index < -0.39 is 0 Å². The minimum absolute atomic E-state index is 0.234. The summed E-state index contributed by atoms with van der Waals surface area (Å²) in [6.07, 6.45) is 4.06. The van der Waals surface area contributed by atoms with Gasteiger partial charge in [-0.05, 0) is 64.2 Å². The predicted octanol–water partition coefficient (Wildman–Crippen LogP) is 3.48. The van der Waals surface area contributed by atoms with Gasteiger partial charge < -0.3 is 14.6 Å². The zero-order valence-electron chi connectivity index (χ0n) is 15.8. The number of nitrogens with zero attached hydrogens (tertiary/aromatic N) is 1. The van der Waals surface area contributed by atoms with Gasteiger partial charge in [0.1, 0.15) is 0 Å². The summed E-state index contributed by atoms with van der Waals surface area (Å²) in [5.74, 6) is 0. The van der Waals surface area contributed by atoms with Crippen molar-refractivity contribution in [3.8, 4) is 6.07 Å². The molecule has 25 heavy (non-hydrogen) atoms. The van der Waals surface area contributed by atoms with Crippen molar-refractivity contribution in [2.45, 2.75) is 57.2 Å². The van der Waals surface area contributed by atoms with Gasteiger partial charge in [-0.3, -0.25) is 0 Å². The number of nitriles is 1. The monoisotopic (exact) mass is 338 g/mol. The van der Waals surface area contributed by atoms with Gasteiger partial charge in [0.15, 0.2) is 0 Å². The van der Waals surface area contributed by atoms with E-state index in [1.165, 1.54) is 0 Å². The van der Waals surface area contributed by atoms with Crippen LogP contribution < -0.4 is 5.32 Å². The maximum atomic E-state index is 9.33. The molecule has 1 N–H and O–H groups in total. The van der Waals surface area contributed by atoms with Gasteiger partial charge in [0, 0.05) is 6.54 Å². The molecule has 0 aromatic heterocycles. The van der Waals surface area contributed by atoms with Crippen molar-refractivity contribution in [3.05, 3.63) is 40.9 Å². The minimum Gasteiger partial charge on any atom is -0.400 e. The van der Waals surface area contributed by atoms with E-state index in [1.54, 1.807) is 0 Å². The zero-order valence-corrected chi connectivity index (χ0v) is 15.8. The topological polar surface area (TPSA) is 54.3 Å². The number of rotatable bonds is 5. The highest BCUT2D eigenvalue weighted by molar-refractivity contribution is 6.55. The van der Waals surface area contributed by atoms with E-state index in [-0.39, 0.29) is 23.7 Å². The van der Waals surface area contributed by atoms with Gasteiger partial charge >= 0.3 is 7.12 Å². The fraction of sp³-hybridized carbons (Fsp3) is 0.550. The molecule has 0 atom stereocenters. The van der Waals surface area contributed by atoms with Crippen LogP contribution in [0.1, 0.15) is 51.7 Å². The van der Waals surface area contributed by atoms with Crippen LogP contribution in [0.3, 0.4) is 0 Å². The molecular weight excluding hydrogens is 311 g/mol. The third-order valence-electron chi connectivity index (χ3n) is 5.72. The molecular formula is C20H27BN2O2. The van der Waals surface area contributed by atoms with Crippen molar-refractivity contribution in [1.29, 1.82) is 5.26 Å². The van der Waals surface area contributed by atoms with Crippen molar-refractivity contribution in [1.82, 2.24) is 5.32 Å². The van der Waals surface area contributed by atoms with Crippen LogP contribution in [0.25, 0.3) is 6.08 Å². The number of benzene rings is 1. The lowest BCUT2D eigenvalue weighted by atomic mass is 9.77. The van der Waals surface area contributed by atoms with E-state index in [9.17, 15) is 5.26 Å². The third kappa shape index (κ3) is 3.39. The molecule has 2 aliphatic rings. The summed E-state index contributed by atoms with van der Waals surface area (Å²) in [5.41, 5.74) is 2.35. The first kappa shape index (κ1) is 18.2. The highest BCUT2D eigenvalue weighted by atomic mass is 16.7. The molecule has 1 heterocycles. The fourth-order valence-corrected chi connectivity index (χ4v) is 3.10. The third-order valence-corrected chi connectivity index (χ3v) is 5.72. The normalized spacial score (nSPS) is 23.4. The largest absolute Gasteiger partial charge is 0.491 e. The van der Waals surface area contributed by atoms with E-state index in [0.29, 0.717) is 6.54 Å². The lowest BCUT2D eigenvalue weighted by molar-refractivity contribution is 0.00578. The second kappa shape index (κ2) is 6.28. The zero-order chi connectivity index (χ0) is 18.3. The Kier molecular flexibility index (Phi) is 4.57. The molecule has 1 aromatic rings. The number of hydrogen-bond acceptors (Lipinski definition) is 4. The summed E-state index contributed by atoms with van der Waals surface area (Å²) < 4.78 is 12.4. The van der Waals surface area contributed by atoms with E-state index in [4.69, 9.17) is 9.31 Å². The van der Waals surface area contributed by atoms with Crippen LogP contribution in [-0.4, -0.2) is 31.9 Å². The van der Waals surface area contributed by atoms with Crippen LogP contribution >= 0.6 is 0 Å². The second-order valence-corrected chi connectivity index (χ2v) is 8.15. The van der Waals surface area contributed by atoms with E-state index in [0.717, 1.165) is 29.4 Å². The first-order valence-corrected chi connectivity index (χ1v) is 8.95. The molecule has 5 heteroatoms. The van der Waals surface area contributed by atoms with Crippen molar-refractivity contribution in [3.63, 3.8) is 0 Å². The van der Waals surface area contributed by atoms with Gasteiger partial charge in [-0.1, -0.05) is 30.3 Å². The standard InChI is InChI=1S/C20H27BN2O2/c1-18(2)19(3,4)25-21(24-18)17(13-23-5)12-15-6-8-16(9-7-15)20(14-22)10-11-20/h6-9,12,23H,10-11,13H2,1-5H3. The van der Waals surface area contributed by atoms with E-state index in [1.807, 2.05) is 7.05 Å². The summed E-state index contributed by atoms with van der Waals surface area (Å²) in [5, 5.41) is 12.5. The molecule has 2 fully saturated rings. The summed E-state index contributed by atoms with van der Waals surface area (Å²) in [7, 11) is 1.57. The Hall–Kier alpha value is -1.61. The van der Waals surface area contributed by atoms with Gasteiger partial charge in [-0.15, -0.1) is 0 Å². The van der Waals surface area contributed by atoms with Gasteiger partial charge in [-0.25, -0.2) is 0 Å². The first-order valence-electron chi connectivity index (χ1n) is 8.95. The van der Waals surface area contributed by atoms with Crippen LogP contribution in [0.5, 0.6) is 0 Å². The number of likely N-dealkylation sites (N-methyl/N-ethyl adjacent to an activating group) is 1.